The molecule has 1 saturated carbocycles. The van der Waals surface area contributed by atoms with Crippen LogP contribution in [0.1, 0.15) is 12.8 Å². The van der Waals surface area contributed by atoms with E-state index in [4.69, 9.17) is 5.73 Å². The molecule has 3 rings (SSSR count). The monoisotopic (exact) mass is 354 g/mol. The molecule has 3 nitrogen and oxygen atoms in total. The fourth-order valence-electron chi connectivity index (χ4n) is 3.30. The van der Waals surface area contributed by atoms with Crippen LogP contribution in [-0.2, 0) is 4.79 Å². The van der Waals surface area contributed by atoms with E-state index < -0.39 is 0 Å². The number of rotatable bonds is 3. The summed E-state index contributed by atoms with van der Waals surface area (Å²) in [6.07, 6.45) is 2.32. The maximum atomic E-state index is 12.3. The quantitative estimate of drug-likeness (QED) is 0.848. The Kier molecular flexibility index (Phi) is 4.38. The maximum Gasteiger partial charge on any atom is 0.232 e. The third kappa shape index (κ3) is 3.05. The minimum Gasteiger partial charge on any atom is -0.341 e. The van der Waals surface area contributed by atoms with Crippen molar-refractivity contribution in [1.29, 1.82) is 0 Å². The first-order valence-corrected chi connectivity index (χ1v) is 8.83. The van der Waals surface area contributed by atoms with E-state index in [1.807, 2.05) is 29.2 Å². The number of likely N-dealkylation sites (tertiary alicyclic amines) is 1. The molecule has 3 unspecified atom stereocenters. The smallest absolute Gasteiger partial charge is 0.232 e. The lowest BCUT2D eigenvalue weighted by atomic mass is 9.98. The van der Waals surface area contributed by atoms with Crippen molar-refractivity contribution < 1.29 is 4.79 Å². The Morgan fingerprint density at radius 1 is 1.40 bits per heavy atom. The largest absolute Gasteiger partial charge is 0.341 e. The maximum absolute atomic E-state index is 12.3. The normalized spacial score (nSPS) is 28.7. The van der Waals surface area contributed by atoms with Crippen molar-refractivity contribution in [3.63, 3.8) is 0 Å². The van der Waals surface area contributed by atoms with Gasteiger partial charge < -0.3 is 10.6 Å². The average molecular weight is 355 g/mol. The van der Waals surface area contributed by atoms with Crippen LogP contribution in [0.2, 0.25) is 0 Å². The van der Waals surface area contributed by atoms with Crippen LogP contribution in [0.15, 0.2) is 33.6 Å². The van der Waals surface area contributed by atoms with Crippen LogP contribution in [0.3, 0.4) is 0 Å². The number of thioether (sulfide) groups is 1. The van der Waals surface area contributed by atoms with Gasteiger partial charge in [0.15, 0.2) is 0 Å². The van der Waals surface area contributed by atoms with E-state index in [0.717, 1.165) is 28.9 Å². The fourth-order valence-corrected chi connectivity index (χ4v) is 4.71. The molecule has 108 valence electrons. The van der Waals surface area contributed by atoms with E-state index in [2.05, 4.69) is 15.9 Å². The summed E-state index contributed by atoms with van der Waals surface area (Å²) in [6, 6.07) is 8.38. The Bertz CT molecular complexity index is 510. The van der Waals surface area contributed by atoms with Crippen molar-refractivity contribution in [2.45, 2.75) is 23.8 Å². The second kappa shape index (κ2) is 6.08. The molecule has 1 aromatic rings. The first-order valence-electron chi connectivity index (χ1n) is 7.05. The highest BCUT2D eigenvalue weighted by molar-refractivity contribution is 9.10. The summed E-state index contributed by atoms with van der Waals surface area (Å²) in [7, 11) is 0. The van der Waals surface area contributed by atoms with Crippen molar-refractivity contribution in [2.75, 3.05) is 18.8 Å². The van der Waals surface area contributed by atoms with Crippen LogP contribution in [0.5, 0.6) is 0 Å². The lowest BCUT2D eigenvalue weighted by molar-refractivity contribution is -0.127. The number of nitrogens with zero attached hydrogens (tertiary/aromatic N) is 1. The number of benzene rings is 1. The molecule has 1 aromatic carbocycles. The molecule has 0 spiro atoms. The Morgan fingerprint density at radius 3 is 3.00 bits per heavy atom. The molecule has 2 N–H and O–H groups in total. The van der Waals surface area contributed by atoms with Gasteiger partial charge in [0, 0.05) is 28.5 Å². The molecule has 0 radical (unpaired) electrons. The minimum atomic E-state index is 0.247. The highest BCUT2D eigenvalue weighted by Gasteiger charge is 2.42. The predicted molar refractivity (Wildman–Crippen MR) is 85.6 cm³/mol. The summed E-state index contributed by atoms with van der Waals surface area (Å²) in [4.78, 5) is 15.4. The van der Waals surface area contributed by atoms with Gasteiger partial charge in [0.25, 0.3) is 0 Å². The summed E-state index contributed by atoms with van der Waals surface area (Å²) in [5, 5.41) is 0. The number of nitrogens with two attached hydrogens (primary N) is 1. The molecule has 2 fully saturated rings. The molecule has 2 aliphatic rings. The van der Waals surface area contributed by atoms with Gasteiger partial charge in [0.05, 0.1) is 5.75 Å². The Balaban J connectivity index is 1.53. The topological polar surface area (TPSA) is 46.3 Å². The first kappa shape index (κ1) is 14.4. The van der Waals surface area contributed by atoms with E-state index in [0.29, 0.717) is 23.6 Å². The molecular formula is C15H19BrN2OS. The number of carbonyl (C=O) groups is 1. The zero-order valence-corrected chi connectivity index (χ0v) is 13.7. The number of halogens is 1. The van der Waals surface area contributed by atoms with E-state index in [-0.39, 0.29) is 5.91 Å². The van der Waals surface area contributed by atoms with E-state index >= 15 is 0 Å². The van der Waals surface area contributed by atoms with E-state index in [1.165, 1.54) is 6.42 Å². The molecule has 1 heterocycles. The van der Waals surface area contributed by atoms with Crippen molar-refractivity contribution in [3.8, 4) is 0 Å². The minimum absolute atomic E-state index is 0.247. The van der Waals surface area contributed by atoms with Gasteiger partial charge in [-0.2, -0.15) is 0 Å². The van der Waals surface area contributed by atoms with E-state index in [9.17, 15) is 4.79 Å². The molecule has 0 bridgehead atoms. The third-order valence-electron chi connectivity index (χ3n) is 4.42. The second-order valence-electron chi connectivity index (χ2n) is 5.71. The third-order valence-corrected chi connectivity index (χ3v) is 5.90. The van der Waals surface area contributed by atoms with Crippen LogP contribution in [-0.4, -0.2) is 35.7 Å². The summed E-state index contributed by atoms with van der Waals surface area (Å²) in [5.41, 5.74) is 6.12. The fraction of sp³-hybridized carbons (Fsp3) is 0.533. The molecule has 1 aliphatic carbocycles. The van der Waals surface area contributed by atoms with Gasteiger partial charge in [-0.3, -0.25) is 4.79 Å². The molecule has 5 heteroatoms. The van der Waals surface area contributed by atoms with Crippen LogP contribution < -0.4 is 5.73 Å². The SMILES string of the molecule is NC1CCC2CN(C(=O)CSc3cccc(Br)c3)CC12. The number of carbonyl (C=O) groups excluding carboxylic acids is 1. The van der Waals surface area contributed by atoms with Crippen molar-refractivity contribution in [2.24, 2.45) is 17.6 Å². The van der Waals surface area contributed by atoms with Crippen molar-refractivity contribution >= 4 is 33.6 Å². The highest BCUT2D eigenvalue weighted by Crippen LogP contribution is 2.37. The van der Waals surface area contributed by atoms with Crippen LogP contribution in [0.25, 0.3) is 0 Å². The lowest BCUT2D eigenvalue weighted by Gasteiger charge is -2.18. The zero-order chi connectivity index (χ0) is 14.1. The Morgan fingerprint density at radius 2 is 2.25 bits per heavy atom. The Hall–Kier alpha value is -0.520. The van der Waals surface area contributed by atoms with Crippen LogP contribution in [0, 0.1) is 11.8 Å². The Labute approximate surface area is 132 Å². The molecule has 1 aliphatic heterocycles. The molecule has 1 saturated heterocycles. The predicted octanol–water partition coefficient (Wildman–Crippen LogP) is 2.74. The van der Waals surface area contributed by atoms with Crippen molar-refractivity contribution in [3.05, 3.63) is 28.7 Å². The molecule has 20 heavy (non-hydrogen) atoms. The molecular weight excluding hydrogens is 336 g/mol. The van der Waals surface area contributed by atoms with Gasteiger partial charge >= 0.3 is 0 Å². The number of hydrogen-bond donors (Lipinski definition) is 1. The first-order chi connectivity index (χ1) is 9.63. The van der Waals surface area contributed by atoms with Gasteiger partial charge in [-0.1, -0.05) is 22.0 Å². The number of hydrogen-bond acceptors (Lipinski definition) is 3. The van der Waals surface area contributed by atoms with Gasteiger partial charge in [0.2, 0.25) is 5.91 Å². The highest BCUT2D eigenvalue weighted by atomic mass is 79.9. The standard InChI is InChI=1S/C15H19BrN2OS/c16-11-2-1-3-12(6-11)20-9-15(19)18-7-10-4-5-14(17)13(10)8-18/h1-3,6,10,13-14H,4-5,7-9,17H2. The van der Waals surface area contributed by atoms with E-state index in [1.54, 1.807) is 11.8 Å². The van der Waals surface area contributed by atoms with Gasteiger partial charge in [-0.15, -0.1) is 11.8 Å². The lowest BCUT2D eigenvalue weighted by Crippen LogP contribution is -2.34. The van der Waals surface area contributed by atoms with Gasteiger partial charge in [-0.25, -0.2) is 0 Å². The number of fused-ring (bicyclic) bond motifs is 1. The summed E-state index contributed by atoms with van der Waals surface area (Å²) in [6.45, 7) is 1.78. The molecule has 0 aromatic heterocycles. The molecule has 1 amide bonds. The summed E-state index contributed by atoms with van der Waals surface area (Å²) < 4.78 is 1.05. The van der Waals surface area contributed by atoms with Crippen LogP contribution in [0.4, 0.5) is 0 Å². The molecule has 3 atom stereocenters. The zero-order valence-electron chi connectivity index (χ0n) is 11.3. The average Bonchev–Trinajstić information content (AvgIpc) is 2.99. The van der Waals surface area contributed by atoms with Gasteiger partial charge in [-0.05, 0) is 42.9 Å². The van der Waals surface area contributed by atoms with Crippen LogP contribution >= 0.6 is 27.7 Å². The van der Waals surface area contributed by atoms with Gasteiger partial charge in [0.1, 0.15) is 0 Å². The summed E-state index contributed by atoms with van der Waals surface area (Å²) in [5.74, 6) is 1.95. The second-order valence-corrected chi connectivity index (χ2v) is 7.67. The summed E-state index contributed by atoms with van der Waals surface area (Å²) >= 11 is 5.06. The number of amides is 1. The van der Waals surface area contributed by atoms with Crippen molar-refractivity contribution in [1.82, 2.24) is 4.90 Å².